The summed E-state index contributed by atoms with van der Waals surface area (Å²) in [7, 11) is -1.52. The summed E-state index contributed by atoms with van der Waals surface area (Å²) in [6, 6.07) is 7.22. The minimum absolute atomic E-state index is 0.0383. The zero-order valence-corrected chi connectivity index (χ0v) is 16.2. The summed E-state index contributed by atoms with van der Waals surface area (Å²) in [4.78, 5) is 27.0. The number of aromatic nitrogens is 2. The Balaban J connectivity index is 2.08. The second-order valence-corrected chi connectivity index (χ2v) is 7.52. The lowest BCUT2D eigenvalue weighted by molar-refractivity contribution is -0.131. The molecule has 0 fully saturated rings. The molecular weight excluding hydrogens is 402 g/mol. The monoisotopic (exact) mass is 419 g/mol. The Morgan fingerprint density at radius 2 is 1.83 bits per heavy atom. The lowest BCUT2D eigenvalue weighted by atomic mass is 10.2. The maximum atomic E-state index is 13.0. The number of nitrogens with one attached hydrogen (secondary N) is 3. The van der Waals surface area contributed by atoms with Gasteiger partial charge in [-0.3, -0.25) is 4.72 Å². The summed E-state index contributed by atoms with van der Waals surface area (Å²) in [5.41, 5.74) is 1.04. The van der Waals surface area contributed by atoms with Crippen molar-refractivity contribution in [1.29, 1.82) is 0 Å². The van der Waals surface area contributed by atoms with E-state index < -0.39 is 21.7 Å². The molecule has 0 radical (unpaired) electrons. The predicted octanol–water partition coefficient (Wildman–Crippen LogP) is 1.77. The van der Waals surface area contributed by atoms with Gasteiger partial charge in [-0.2, -0.15) is 0 Å². The summed E-state index contributed by atoms with van der Waals surface area (Å²) < 4.78 is 38.8. The van der Waals surface area contributed by atoms with Gasteiger partial charge < -0.3 is 24.5 Å². The fourth-order valence-corrected chi connectivity index (χ4v) is 3.99. The number of benzene rings is 2. The highest BCUT2D eigenvalue weighted by Crippen LogP contribution is 2.37. The molecule has 0 saturated heterocycles. The third-order valence-electron chi connectivity index (χ3n) is 3.94. The fourth-order valence-electron chi connectivity index (χ4n) is 2.72. The van der Waals surface area contributed by atoms with E-state index in [4.69, 9.17) is 14.6 Å². The van der Waals surface area contributed by atoms with E-state index in [1.807, 2.05) is 0 Å². The quantitative estimate of drug-likeness (QED) is 0.426. The van der Waals surface area contributed by atoms with E-state index in [1.165, 1.54) is 44.6 Å². The van der Waals surface area contributed by atoms with Crippen LogP contribution in [0.4, 0.5) is 5.69 Å². The molecule has 1 heterocycles. The molecule has 29 heavy (non-hydrogen) atoms. The van der Waals surface area contributed by atoms with Gasteiger partial charge in [-0.25, -0.2) is 18.0 Å². The molecule has 0 unspecified atom stereocenters. The van der Waals surface area contributed by atoms with Crippen molar-refractivity contribution < 1.29 is 27.8 Å². The van der Waals surface area contributed by atoms with Gasteiger partial charge in [0.25, 0.3) is 10.0 Å². The molecule has 3 rings (SSSR count). The lowest BCUT2D eigenvalue weighted by Gasteiger charge is -2.15. The Hall–Kier alpha value is -3.73. The van der Waals surface area contributed by atoms with E-state index in [0.717, 1.165) is 6.08 Å². The zero-order chi connectivity index (χ0) is 21.2. The molecule has 0 aliphatic carbocycles. The normalized spacial score (nSPS) is 11.7. The number of hydrogen-bond acceptors (Lipinski definition) is 6. The van der Waals surface area contributed by atoms with Crippen LogP contribution in [0.5, 0.6) is 11.5 Å². The van der Waals surface area contributed by atoms with Crippen molar-refractivity contribution in [3.05, 3.63) is 52.5 Å². The first kappa shape index (κ1) is 20.0. The minimum atomic E-state index is -4.15. The molecular formula is C18H17N3O7S. The van der Waals surface area contributed by atoms with Crippen LogP contribution in [-0.2, 0) is 14.8 Å². The van der Waals surface area contributed by atoms with Crippen LogP contribution < -0.4 is 19.9 Å². The summed E-state index contributed by atoms with van der Waals surface area (Å²) in [6.07, 6.45) is 2.11. The van der Waals surface area contributed by atoms with Crippen LogP contribution in [0.25, 0.3) is 17.1 Å². The highest BCUT2D eigenvalue weighted by atomic mass is 32.2. The number of sulfonamides is 1. The largest absolute Gasteiger partial charge is 0.493 e. The van der Waals surface area contributed by atoms with Gasteiger partial charge in [-0.05, 0) is 42.0 Å². The van der Waals surface area contributed by atoms with Gasteiger partial charge in [-0.15, -0.1) is 0 Å². The molecule has 0 amide bonds. The van der Waals surface area contributed by atoms with E-state index in [0.29, 0.717) is 11.0 Å². The van der Waals surface area contributed by atoms with Gasteiger partial charge in [0.2, 0.25) is 0 Å². The first-order valence-corrected chi connectivity index (χ1v) is 9.63. The molecule has 152 valence electrons. The summed E-state index contributed by atoms with van der Waals surface area (Å²) in [5, 5.41) is 8.81. The first-order chi connectivity index (χ1) is 13.7. The molecule has 0 atom stereocenters. The third-order valence-corrected chi connectivity index (χ3v) is 5.33. The van der Waals surface area contributed by atoms with E-state index >= 15 is 0 Å². The van der Waals surface area contributed by atoms with Crippen LogP contribution in [0.15, 0.2) is 46.1 Å². The number of fused-ring (bicyclic) bond motifs is 1. The third kappa shape index (κ3) is 4.24. The van der Waals surface area contributed by atoms with Gasteiger partial charge in [0.15, 0.2) is 11.5 Å². The number of ether oxygens (including phenoxy) is 2. The van der Waals surface area contributed by atoms with Crippen molar-refractivity contribution in [1.82, 2.24) is 9.97 Å². The molecule has 11 heteroatoms. The number of H-pyrrole nitrogens is 2. The number of hydrogen-bond donors (Lipinski definition) is 4. The number of carboxylic acid groups (broad SMARTS) is 1. The first-order valence-electron chi connectivity index (χ1n) is 8.15. The molecule has 0 aliphatic rings. The molecule has 4 N–H and O–H groups in total. The van der Waals surface area contributed by atoms with Crippen LogP contribution in [0, 0.1) is 0 Å². The minimum Gasteiger partial charge on any atom is -0.493 e. The van der Waals surface area contributed by atoms with E-state index in [-0.39, 0.29) is 27.6 Å². The Morgan fingerprint density at radius 3 is 2.48 bits per heavy atom. The Kier molecular flexibility index (Phi) is 5.33. The van der Waals surface area contributed by atoms with Gasteiger partial charge in [-0.1, -0.05) is 0 Å². The molecule has 0 bridgehead atoms. The average molecular weight is 419 g/mol. The topological polar surface area (TPSA) is 151 Å². The Morgan fingerprint density at radius 1 is 1.10 bits per heavy atom. The SMILES string of the molecule is COc1cc(C=CC(=O)O)cc(S(=O)(=O)Nc2ccc3[nH]c(=O)[nH]c3c2)c1OC. The maximum Gasteiger partial charge on any atom is 0.328 e. The van der Waals surface area contributed by atoms with Crippen LogP contribution in [0.3, 0.4) is 0 Å². The highest BCUT2D eigenvalue weighted by molar-refractivity contribution is 7.92. The number of aliphatic carboxylic acids is 1. The number of imidazole rings is 1. The van der Waals surface area contributed by atoms with Crippen molar-refractivity contribution in [3.8, 4) is 11.5 Å². The second-order valence-electron chi connectivity index (χ2n) is 5.87. The number of rotatable bonds is 7. The molecule has 0 spiro atoms. The van der Waals surface area contributed by atoms with Crippen LogP contribution >= 0.6 is 0 Å². The molecule has 10 nitrogen and oxygen atoms in total. The maximum absolute atomic E-state index is 13.0. The summed E-state index contributed by atoms with van der Waals surface area (Å²) >= 11 is 0. The fraction of sp³-hybridized carbons (Fsp3) is 0.111. The number of methoxy groups -OCH3 is 2. The van der Waals surface area contributed by atoms with Gasteiger partial charge in [0, 0.05) is 6.08 Å². The zero-order valence-electron chi connectivity index (χ0n) is 15.3. The van der Waals surface area contributed by atoms with Crippen LogP contribution in [-0.4, -0.2) is 43.7 Å². The molecule has 1 aromatic heterocycles. The molecule has 0 saturated carbocycles. The van der Waals surface area contributed by atoms with Crippen molar-refractivity contribution >= 4 is 38.8 Å². The van der Waals surface area contributed by atoms with E-state index in [1.54, 1.807) is 6.07 Å². The smallest absolute Gasteiger partial charge is 0.328 e. The number of carboxylic acids is 1. The number of aromatic amines is 2. The standard InChI is InChI=1S/C18H17N3O7S/c1-27-14-7-10(3-6-16(22)23)8-15(17(14)28-2)29(25,26)21-11-4-5-12-13(9-11)20-18(24)19-12/h3-9,21H,1-2H3,(H,22,23)(H2,19,20,24). The van der Waals surface area contributed by atoms with Crippen LogP contribution in [0.2, 0.25) is 0 Å². The van der Waals surface area contributed by atoms with Crippen molar-refractivity contribution in [2.75, 3.05) is 18.9 Å². The average Bonchev–Trinajstić information content (AvgIpc) is 3.04. The second kappa shape index (κ2) is 7.72. The van der Waals surface area contributed by atoms with Gasteiger partial charge in [0.1, 0.15) is 4.90 Å². The number of anilines is 1. The van der Waals surface area contributed by atoms with Gasteiger partial charge in [0.05, 0.1) is 30.9 Å². The number of carbonyl (C=O) groups is 1. The Labute approximate surface area is 164 Å². The molecule has 0 aliphatic heterocycles. The highest BCUT2D eigenvalue weighted by Gasteiger charge is 2.24. The molecule has 2 aromatic carbocycles. The molecule has 3 aromatic rings. The lowest BCUT2D eigenvalue weighted by Crippen LogP contribution is -2.15. The Bertz CT molecular complexity index is 1270. The summed E-state index contributed by atoms with van der Waals surface area (Å²) in [5.74, 6) is -1.11. The van der Waals surface area contributed by atoms with Crippen molar-refractivity contribution in [2.45, 2.75) is 4.90 Å². The summed E-state index contributed by atoms with van der Waals surface area (Å²) in [6.45, 7) is 0. The predicted molar refractivity (Wildman–Crippen MR) is 106 cm³/mol. The van der Waals surface area contributed by atoms with Crippen molar-refractivity contribution in [2.24, 2.45) is 0 Å². The van der Waals surface area contributed by atoms with Crippen LogP contribution in [0.1, 0.15) is 5.56 Å². The van der Waals surface area contributed by atoms with Gasteiger partial charge >= 0.3 is 11.7 Å². The van der Waals surface area contributed by atoms with E-state index in [9.17, 15) is 18.0 Å². The van der Waals surface area contributed by atoms with E-state index in [2.05, 4.69) is 14.7 Å². The van der Waals surface area contributed by atoms with Crippen molar-refractivity contribution in [3.63, 3.8) is 0 Å².